The second kappa shape index (κ2) is 14.3. The first-order valence-corrected chi connectivity index (χ1v) is 13.1. The number of esters is 2. The SMILES string of the molecule is CCOC(=O)C(OC(=O)C(C(=O)N(Cc1ccc(Cl)nc1)c1ccccn1)c1ccccc1)C(=O)SCC. The van der Waals surface area contributed by atoms with Crippen LogP contribution in [0.1, 0.15) is 30.9 Å². The zero-order chi connectivity index (χ0) is 27.5. The number of halogens is 1. The van der Waals surface area contributed by atoms with E-state index in [2.05, 4.69) is 9.97 Å². The lowest BCUT2D eigenvalue weighted by Gasteiger charge is -2.27. The number of rotatable bonds is 11. The molecule has 1 amide bonds. The highest BCUT2D eigenvalue weighted by Gasteiger charge is 2.40. The second-order valence-corrected chi connectivity index (χ2v) is 9.42. The van der Waals surface area contributed by atoms with E-state index in [4.69, 9.17) is 21.1 Å². The number of hydrogen-bond donors (Lipinski definition) is 0. The number of benzene rings is 1. The second-order valence-electron chi connectivity index (χ2n) is 7.77. The van der Waals surface area contributed by atoms with Gasteiger partial charge in [0.05, 0.1) is 13.2 Å². The molecular formula is C27H26ClN3O6S. The van der Waals surface area contributed by atoms with Crippen molar-refractivity contribution in [3.63, 3.8) is 0 Å². The summed E-state index contributed by atoms with van der Waals surface area (Å²) < 4.78 is 10.3. The van der Waals surface area contributed by atoms with Crippen LogP contribution in [0.2, 0.25) is 5.15 Å². The number of thioether (sulfide) groups is 1. The Morgan fingerprint density at radius 2 is 1.68 bits per heavy atom. The van der Waals surface area contributed by atoms with Crippen molar-refractivity contribution in [3.05, 3.63) is 89.3 Å². The Morgan fingerprint density at radius 1 is 0.947 bits per heavy atom. The molecule has 198 valence electrons. The van der Waals surface area contributed by atoms with Gasteiger partial charge in [0.1, 0.15) is 11.0 Å². The van der Waals surface area contributed by atoms with E-state index in [-0.39, 0.29) is 24.1 Å². The molecule has 2 unspecified atom stereocenters. The summed E-state index contributed by atoms with van der Waals surface area (Å²) in [5, 5.41) is -0.401. The van der Waals surface area contributed by atoms with Crippen molar-refractivity contribution >= 4 is 52.1 Å². The molecule has 0 fully saturated rings. The smallest absolute Gasteiger partial charge is 0.356 e. The van der Waals surface area contributed by atoms with Gasteiger partial charge in [-0.25, -0.2) is 14.8 Å². The van der Waals surface area contributed by atoms with Crippen LogP contribution < -0.4 is 4.90 Å². The highest BCUT2D eigenvalue weighted by Crippen LogP contribution is 2.26. The fourth-order valence-corrected chi connectivity index (χ4v) is 4.15. The standard InChI is InChI=1S/C27H26ClN3O6S/c1-3-36-26(34)23(27(35)38-4-2)37-25(33)22(19-10-6-5-7-11-19)24(32)31(21-12-8-9-15-29-21)17-18-13-14-20(28)30-16-18/h5-16,22-23H,3-4,17H2,1-2H3. The third kappa shape index (κ3) is 7.62. The van der Waals surface area contributed by atoms with Crippen LogP contribution in [0, 0.1) is 0 Å². The van der Waals surface area contributed by atoms with Gasteiger partial charge in [-0.3, -0.25) is 19.3 Å². The predicted octanol–water partition coefficient (Wildman–Crippen LogP) is 4.20. The molecule has 2 atom stereocenters. The lowest BCUT2D eigenvalue weighted by molar-refractivity contribution is -0.170. The molecule has 38 heavy (non-hydrogen) atoms. The van der Waals surface area contributed by atoms with Gasteiger partial charge in [0, 0.05) is 12.4 Å². The van der Waals surface area contributed by atoms with Crippen LogP contribution in [-0.2, 0) is 35.2 Å². The van der Waals surface area contributed by atoms with E-state index in [9.17, 15) is 19.2 Å². The van der Waals surface area contributed by atoms with Crippen LogP contribution in [0.3, 0.4) is 0 Å². The number of ether oxygens (including phenoxy) is 2. The van der Waals surface area contributed by atoms with Crippen molar-refractivity contribution in [2.75, 3.05) is 17.3 Å². The van der Waals surface area contributed by atoms with Gasteiger partial charge in [-0.15, -0.1) is 0 Å². The first-order valence-electron chi connectivity index (χ1n) is 11.8. The Kier molecular flexibility index (Phi) is 10.8. The van der Waals surface area contributed by atoms with Crippen molar-refractivity contribution in [2.24, 2.45) is 0 Å². The molecule has 0 radical (unpaired) electrons. The molecule has 0 aliphatic heterocycles. The fourth-order valence-electron chi connectivity index (χ4n) is 3.46. The van der Waals surface area contributed by atoms with Gasteiger partial charge in [-0.1, -0.05) is 72.8 Å². The first-order chi connectivity index (χ1) is 18.3. The highest BCUT2D eigenvalue weighted by molar-refractivity contribution is 8.13. The Balaban J connectivity index is 2.02. The van der Waals surface area contributed by atoms with E-state index in [1.54, 1.807) is 74.5 Å². The van der Waals surface area contributed by atoms with Gasteiger partial charge >= 0.3 is 11.9 Å². The number of amides is 1. The van der Waals surface area contributed by atoms with Gasteiger partial charge in [0.2, 0.25) is 11.0 Å². The summed E-state index contributed by atoms with van der Waals surface area (Å²) in [5.41, 5.74) is 0.948. The molecule has 11 heteroatoms. The molecule has 1 aromatic carbocycles. The normalized spacial score (nSPS) is 12.2. The first kappa shape index (κ1) is 28.8. The Labute approximate surface area is 229 Å². The van der Waals surface area contributed by atoms with Gasteiger partial charge in [-0.05, 0) is 42.0 Å². The lowest BCUT2D eigenvalue weighted by atomic mass is 9.97. The summed E-state index contributed by atoms with van der Waals surface area (Å²) in [5.74, 6) is -3.61. The molecule has 9 nitrogen and oxygen atoms in total. The van der Waals surface area contributed by atoms with Crippen molar-refractivity contribution in [1.82, 2.24) is 9.97 Å². The van der Waals surface area contributed by atoms with Crippen LogP contribution in [-0.4, -0.2) is 51.4 Å². The van der Waals surface area contributed by atoms with Crippen molar-refractivity contribution in [2.45, 2.75) is 32.4 Å². The zero-order valence-electron chi connectivity index (χ0n) is 20.8. The molecule has 2 aromatic heterocycles. The minimum atomic E-state index is -1.81. The predicted molar refractivity (Wildman–Crippen MR) is 144 cm³/mol. The van der Waals surface area contributed by atoms with Gasteiger partial charge in [0.25, 0.3) is 6.10 Å². The molecule has 0 saturated heterocycles. The minimum Gasteiger partial charge on any atom is -0.463 e. The number of pyridine rings is 2. The van der Waals surface area contributed by atoms with E-state index in [0.717, 1.165) is 11.8 Å². The Bertz CT molecular complexity index is 1230. The molecule has 2 heterocycles. The fraction of sp³-hybridized carbons (Fsp3) is 0.259. The van der Waals surface area contributed by atoms with Crippen LogP contribution in [0.25, 0.3) is 0 Å². The summed E-state index contributed by atoms with van der Waals surface area (Å²) in [6, 6.07) is 16.5. The van der Waals surface area contributed by atoms with Crippen LogP contribution in [0.4, 0.5) is 5.82 Å². The molecule has 0 spiro atoms. The summed E-state index contributed by atoms with van der Waals surface area (Å²) in [7, 11) is 0. The number of aromatic nitrogens is 2. The summed E-state index contributed by atoms with van der Waals surface area (Å²) in [4.78, 5) is 62.4. The Morgan fingerprint density at radius 3 is 2.29 bits per heavy atom. The summed E-state index contributed by atoms with van der Waals surface area (Å²) in [6.07, 6.45) is 1.22. The van der Waals surface area contributed by atoms with Gasteiger partial charge in [0.15, 0.2) is 5.92 Å². The third-order valence-corrected chi connectivity index (χ3v) is 6.18. The molecule has 0 saturated carbocycles. The van der Waals surface area contributed by atoms with Gasteiger partial charge in [-0.2, -0.15) is 0 Å². The number of carbonyl (C=O) groups is 4. The van der Waals surface area contributed by atoms with Crippen LogP contribution in [0.15, 0.2) is 73.1 Å². The van der Waals surface area contributed by atoms with Crippen molar-refractivity contribution < 1.29 is 28.7 Å². The van der Waals surface area contributed by atoms with Crippen molar-refractivity contribution in [3.8, 4) is 0 Å². The zero-order valence-corrected chi connectivity index (χ0v) is 22.4. The highest BCUT2D eigenvalue weighted by atomic mass is 35.5. The molecular weight excluding hydrogens is 530 g/mol. The molecule has 3 rings (SSSR count). The largest absolute Gasteiger partial charge is 0.463 e. The average Bonchev–Trinajstić information content (AvgIpc) is 2.92. The number of hydrogen-bond acceptors (Lipinski definition) is 9. The van der Waals surface area contributed by atoms with E-state index >= 15 is 0 Å². The van der Waals surface area contributed by atoms with E-state index in [1.807, 2.05) is 0 Å². The van der Waals surface area contributed by atoms with Crippen molar-refractivity contribution in [1.29, 1.82) is 0 Å². The van der Waals surface area contributed by atoms with Crippen LogP contribution in [0.5, 0.6) is 0 Å². The summed E-state index contributed by atoms with van der Waals surface area (Å²) in [6.45, 7) is 3.29. The van der Waals surface area contributed by atoms with Crippen LogP contribution >= 0.6 is 23.4 Å². The molecule has 0 N–H and O–H groups in total. The number of carbonyl (C=O) groups excluding carboxylic acids is 4. The third-order valence-electron chi connectivity index (χ3n) is 5.17. The molecule has 0 bridgehead atoms. The summed E-state index contributed by atoms with van der Waals surface area (Å²) >= 11 is 6.73. The molecule has 3 aromatic rings. The average molecular weight is 556 g/mol. The Hall–Kier alpha value is -3.76. The molecule has 0 aliphatic rings. The topological polar surface area (TPSA) is 116 Å². The quantitative estimate of drug-likeness (QED) is 0.195. The maximum absolute atomic E-state index is 14.1. The number of anilines is 1. The molecule has 0 aliphatic carbocycles. The lowest BCUT2D eigenvalue weighted by Crippen LogP contribution is -2.42. The van der Waals surface area contributed by atoms with E-state index < -0.39 is 35.0 Å². The van der Waals surface area contributed by atoms with E-state index in [1.165, 1.54) is 17.3 Å². The maximum atomic E-state index is 14.1. The van der Waals surface area contributed by atoms with E-state index in [0.29, 0.717) is 16.9 Å². The maximum Gasteiger partial charge on any atom is 0.356 e. The number of nitrogens with zero attached hydrogens (tertiary/aromatic N) is 3. The minimum absolute atomic E-state index is 0.0133. The van der Waals surface area contributed by atoms with Gasteiger partial charge < -0.3 is 9.47 Å². The monoisotopic (exact) mass is 555 g/mol.